The summed E-state index contributed by atoms with van der Waals surface area (Å²) in [5.74, 6) is 0. The second kappa shape index (κ2) is 12.2. The maximum absolute atomic E-state index is 12.3. The van der Waals surface area contributed by atoms with Crippen LogP contribution in [0.25, 0.3) is 21.5 Å². The van der Waals surface area contributed by atoms with Crippen LogP contribution in [0.4, 0.5) is 4.79 Å². The minimum atomic E-state index is -4.15. The van der Waals surface area contributed by atoms with E-state index in [1.54, 1.807) is 0 Å². The van der Waals surface area contributed by atoms with Gasteiger partial charge in [0.15, 0.2) is 6.03 Å². The van der Waals surface area contributed by atoms with Gasteiger partial charge in [0, 0.05) is 11.3 Å². The van der Waals surface area contributed by atoms with Crippen molar-refractivity contribution in [2.45, 2.75) is 25.2 Å². The number of carbonyl (C=O) groups is 1. The summed E-state index contributed by atoms with van der Waals surface area (Å²) in [5, 5.41) is 16.0. The fourth-order valence-corrected chi connectivity index (χ4v) is 4.80. The average molecular weight is 522 g/mol. The molecule has 0 atom stereocenters. The second-order valence-electron chi connectivity index (χ2n) is 8.17. The van der Waals surface area contributed by atoms with Crippen molar-refractivity contribution in [2.24, 2.45) is 0 Å². The number of sulfonamides is 1. The van der Waals surface area contributed by atoms with Crippen molar-refractivity contribution in [3.8, 4) is 22.9 Å². The van der Waals surface area contributed by atoms with Crippen LogP contribution < -0.4 is 34.9 Å². The Morgan fingerprint density at radius 1 is 1.00 bits per heavy atom. The zero-order valence-electron chi connectivity index (χ0n) is 20.8. The number of aryl methyl sites for hydroxylation is 1. The number of aromatic nitrogens is 2. The monoisotopic (exact) mass is 521 g/mol. The van der Waals surface area contributed by atoms with Crippen molar-refractivity contribution in [3.63, 3.8) is 0 Å². The zero-order chi connectivity index (χ0) is 25.7. The molecule has 0 saturated heterocycles. The quantitative estimate of drug-likeness (QED) is 0.374. The molecular formula is C27H24N5NaO3S. The molecule has 1 N–H and O–H groups in total. The third-order valence-electron chi connectivity index (χ3n) is 5.71. The van der Waals surface area contributed by atoms with E-state index in [4.69, 9.17) is 10.4 Å². The zero-order valence-corrected chi connectivity index (χ0v) is 23.7. The first-order valence-corrected chi connectivity index (χ1v) is 12.7. The van der Waals surface area contributed by atoms with E-state index in [0.717, 1.165) is 33.8 Å². The summed E-state index contributed by atoms with van der Waals surface area (Å²) in [6, 6.07) is 24.2. The van der Waals surface area contributed by atoms with E-state index in [1.165, 1.54) is 24.3 Å². The van der Waals surface area contributed by atoms with Crippen molar-refractivity contribution in [3.05, 3.63) is 106 Å². The van der Waals surface area contributed by atoms with Gasteiger partial charge in [0.25, 0.3) is 0 Å². The molecule has 1 aromatic heterocycles. The third-order valence-corrected chi connectivity index (χ3v) is 6.98. The molecule has 37 heavy (non-hydrogen) atoms. The van der Waals surface area contributed by atoms with Crippen molar-refractivity contribution in [2.75, 3.05) is 6.54 Å². The summed E-state index contributed by atoms with van der Waals surface area (Å²) in [7, 11) is -4.15. The summed E-state index contributed by atoms with van der Waals surface area (Å²) in [6.07, 6.45) is 0.505. The van der Waals surface area contributed by atoms with Crippen LogP contribution in [0.5, 0.6) is 0 Å². The molecule has 182 valence electrons. The van der Waals surface area contributed by atoms with Gasteiger partial charge in [-0.15, -0.1) is 0 Å². The summed E-state index contributed by atoms with van der Waals surface area (Å²) in [5.41, 5.74) is 6.45. The van der Waals surface area contributed by atoms with Crippen LogP contribution in [0.2, 0.25) is 0 Å². The smallest absolute Gasteiger partial charge is 0.448 e. The number of rotatable bonds is 7. The molecule has 1 heterocycles. The Balaban J connectivity index is 0.00000380. The van der Waals surface area contributed by atoms with Crippen LogP contribution >= 0.6 is 0 Å². The average Bonchev–Trinajstić information content (AvgIpc) is 3.18. The Morgan fingerprint density at radius 2 is 1.65 bits per heavy atom. The fraction of sp³-hybridized carbons (Fsp3) is 0.148. The first kappa shape index (κ1) is 28.2. The number of carbonyl (C=O) groups excluding carboxylic acids is 1. The summed E-state index contributed by atoms with van der Waals surface area (Å²) in [4.78, 5) is 11.9. The molecule has 0 aliphatic carbocycles. The minimum absolute atomic E-state index is 0. The van der Waals surface area contributed by atoms with Gasteiger partial charge >= 0.3 is 29.6 Å². The predicted molar refractivity (Wildman–Crippen MR) is 137 cm³/mol. The molecule has 0 fully saturated rings. The molecule has 10 heteroatoms. The van der Waals surface area contributed by atoms with Crippen molar-refractivity contribution < 1.29 is 42.8 Å². The first-order valence-electron chi connectivity index (χ1n) is 11.3. The van der Waals surface area contributed by atoms with Gasteiger partial charge in [-0.1, -0.05) is 42.5 Å². The van der Waals surface area contributed by atoms with Crippen LogP contribution in [0.3, 0.4) is 0 Å². The number of benzene rings is 3. The molecule has 0 aliphatic heterocycles. The van der Waals surface area contributed by atoms with E-state index < -0.39 is 16.1 Å². The number of nitriles is 1. The summed E-state index contributed by atoms with van der Waals surface area (Å²) >= 11 is 0. The summed E-state index contributed by atoms with van der Waals surface area (Å²) < 4.78 is 29.8. The Morgan fingerprint density at radius 3 is 2.27 bits per heavy atom. The number of hydrogen-bond donors (Lipinski definition) is 1. The maximum Gasteiger partial charge on any atom is 1.00 e. The number of nitrogens with one attached hydrogen (secondary N) is 1. The molecule has 3 aromatic carbocycles. The fourth-order valence-electron chi connectivity index (χ4n) is 3.93. The normalized spacial score (nSPS) is 10.7. The standard InChI is InChI=1S/C27H25N5O3S.Na/c1-19-26(23-6-4-3-5-7-23)20(2)32(30-19)24-12-8-21(9-13-24)16-17-29-27(33)31-36(34,35)25-14-10-22(18-28)11-15-25;/h3-15H,16-17H2,1-2H3,(H2,29,31,33);/q;+1/p-1. The van der Waals surface area contributed by atoms with E-state index in [1.807, 2.05) is 67.1 Å². The van der Waals surface area contributed by atoms with Crippen LogP contribution in [0, 0.1) is 25.2 Å². The molecule has 4 aromatic rings. The Kier molecular flexibility index (Phi) is 9.29. The van der Waals surface area contributed by atoms with Gasteiger partial charge in [-0.2, -0.15) is 10.4 Å². The molecule has 0 saturated carbocycles. The predicted octanol–water partition coefficient (Wildman–Crippen LogP) is 2.05. The van der Waals surface area contributed by atoms with Crippen molar-refractivity contribution >= 4 is 16.1 Å². The van der Waals surface area contributed by atoms with E-state index in [9.17, 15) is 13.2 Å². The summed E-state index contributed by atoms with van der Waals surface area (Å²) in [6.45, 7) is 4.26. The van der Waals surface area contributed by atoms with Gasteiger partial charge in [0.05, 0.1) is 27.9 Å². The van der Waals surface area contributed by atoms with Gasteiger partial charge in [-0.3, -0.25) is 4.79 Å². The molecule has 0 unspecified atom stereocenters. The van der Waals surface area contributed by atoms with Crippen LogP contribution in [0.1, 0.15) is 22.5 Å². The Hall–Kier alpha value is -3.42. The van der Waals surface area contributed by atoms with Gasteiger partial charge in [-0.05, 0) is 74.3 Å². The minimum Gasteiger partial charge on any atom is -0.448 e. The number of amides is 2. The van der Waals surface area contributed by atoms with Crippen molar-refractivity contribution in [1.29, 1.82) is 5.26 Å². The van der Waals surface area contributed by atoms with E-state index in [0.29, 0.717) is 12.0 Å². The van der Waals surface area contributed by atoms with E-state index in [-0.39, 0.29) is 41.0 Å². The molecule has 0 aliphatic rings. The molecule has 0 radical (unpaired) electrons. The molecule has 8 nitrogen and oxygen atoms in total. The van der Waals surface area contributed by atoms with Crippen LogP contribution in [-0.4, -0.2) is 30.8 Å². The van der Waals surface area contributed by atoms with Gasteiger partial charge < -0.3 is 10.0 Å². The molecule has 2 amide bonds. The van der Waals surface area contributed by atoms with E-state index in [2.05, 4.69) is 22.2 Å². The van der Waals surface area contributed by atoms with Gasteiger partial charge in [0.1, 0.15) is 0 Å². The second-order valence-corrected chi connectivity index (χ2v) is 9.78. The van der Waals surface area contributed by atoms with E-state index >= 15 is 0 Å². The van der Waals surface area contributed by atoms with Crippen LogP contribution in [0.15, 0.2) is 83.8 Å². The van der Waals surface area contributed by atoms with Gasteiger partial charge in [0.2, 0.25) is 10.0 Å². The maximum atomic E-state index is 12.3. The Labute approximate surface area is 238 Å². The number of hydrogen-bond acceptors (Lipinski definition) is 5. The number of urea groups is 1. The first-order chi connectivity index (χ1) is 17.3. The van der Waals surface area contributed by atoms with Crippen molar-refractivity contribution in [1.82, 2.24) is 15.1 Å². The molecule has 0 spiro atoms. The molecule has 0 bridgehead atoms. The third kappa shape index (κ3) is 6.67. The Bertz CT molecular complexity index is 1530. The molecular weight excluding hydrogens is 497 g/mol. The van der Waals surface area contributed by atoms with Gasteiger partial charge in [-0.25, -0.2) is 13.1 Å². The van der Waals surface area contributed by atoms with Crippen LogP contribution in [-0.2, 0) is 16.4 Å². The molecule has 4 rings (SSSR count). The largest absolute Gasteiger partial charge is 1.00 e. The topological polar surface area (TPSA) is 119 Å². The SMILES string of the molecule is Cc1nn(-c2ccc(CCNC(=O)[N-]S(=O)(=O)c3ccc(C#N)cc3)cc2)c(C)c1-c1ccccc1.[Na+]. The number of nitrogens with zero attached hydrogens (tertiary/aromatic N) is 4.